The van der Waals surface area contributed by atoms with E-state index in [1.807, 2.05) is 61.5 Å². The van der Waals surface area contributed by atoms with Crippen molar-refractivity contribution < 1.29 is 14.3 Å². The van der Waals surface area contributed by atoms with Gasteiger partial charge < -0.3 is 15.2 Å². The lowest BCUT2D eigenvalue weighted by molar-refractivity contribution is 0.0478. The molecule has 0 fully saturated rings. The van der Waals surface area contributed by atoms with E-state index in [1.54, 1.807) is 6.07 Å². The fraction of sp³-hybridized carbons (Fsp3) is 0.207. The van der Waals surface area contributed by atoms with Gasteiger partial charge in [0.2, 0.25) is 11.8 Å². The molecule has 0 radical (unpaired) electrons. The number of hydrogen-bond acceptors (Lipinski definition) is 7. The van der Waals surface area contributed by atoms with Crippen LogP contribution in [0.1, 0.15) is 45.9 Å². The Kier molecular flexibility index (Phi) is 6.32. The Hall–Kier alpha value is -4.35. The van der Waals surface area contributed by atoms with E-state index >= 15 is 0 Å². The second-order valence-electron chi connectivity index (χ2n) is 9.25. The largest absolute Gasteiger partial charge is 0.457 e. The molecule has 8 heteroatoms. The number of aromatic amines is 1. The summed E-state index contributed by atoms with van der Waals surface area (Å²) in [4.78, 5) is 14.1. The topological polar surface area (TPSA) is 114 Å². The Morgan fingerprint density at radius 3 is 2.70 bits per heavy atom. The van der Waals surface area contributed by atoms with Crippen molar-refractivity contribution in [3.05, 3.63) is 105 Å². The number of nitrogens with two attached hydrogens (primary N) is 1. The molecular weight excluding hydrogens is 484 g/mol. The van der Waals surface area contributed by atoms with Crippen LogP contribution < -0.4 is 10.5 Å². The Labute approximate surface area is 219 Å². The molecular formula is C29H26N4O3S. The number of H-pyrrole nitrogens is 1. The van der Waals surface area contributed by atoms with Gasteiger partial charge in [-0.3, -0.25) is 5.10 Å². The summed E-state index contributed by atoms with van der Waals surface area (Å²) in [6.07, 6.45) is 0. The third kappa shape index (κ3) is 4.07. The first kappa shape index (κ1) is 24.3. The number of allylic oxidation sites excluding steroid dienone is 1. The van der Waals surface area contributed by atoms with Crippen LogP contribution >= 0.6 is 11.3 Å². The third-order valence-electron chi connectivity index (χ3n) is 6.76. The number of thiophene rings is 1. The van der Waals surface area contributed by atoms with Gasteiger partial charge in [-0.25, -0.2) is 4.79 Å². The maximum atomic E-state index is 12.7. The van der Waals surface area contributed by atoms with E-state index in [9.17, 15) is 10.1 Å². The van der Waals surface area contributed by atoms with Gasteiger partial charge in [0, 0.05) is 10.6 Å². The average molecular weight is 511 g/mol. The molecule has 1 aliphatic heterocycles. The van der Waals surface area contributed by atoms with Crippen LogP contribution in [-0.2, 0) is 16.8 Å². The fourth-order valence-corrected chi connectivity index (χ4v) is 5.97. The summed E-state index contributed by atoms with van der Waals surface area (Å²) in [5.74, 6) is 0.0371. The molecule has 1 aliphatic rings. The molecule has 1 atom stereocenters. The zero-order valence-electron chi connectivity index (χ0n) is 20.7. The molecule has 0 unspecified atom stereocenters. The van der Waals surface area contributed by atoms with Crippen LogP contribution in [0, 0.1) is 24.2 Å². The van der Waals surface area contributed by atoms with E-state index in [0.717, 1.165) is 32.8 Å². The van der Waals surface area contributed by atoms with E-state index in [1.165, 1.54) is 11.3 Å². The predicted molar refractivity (Wildman–Crippen MR) is 142 cm³/mol. The molecule has 186 valence electrons. The van der Waals surface area contributed by atoms with E-state index in [-0.39, 0.29) is 24.4 Å². The fourth-order valence-electron chi connectivity index (χ4n) is 5.08. The first-order valence-electron chi connectivity index (χ1n) is 11.9. The minimum Gasteiger partial charge on any atom is -0.457 e. The molecule has 3 heterocycles. The summed E-state index contributed by atoms with van der Waals surface area (Å²) in [5, 5.41) is 17.5. The van der Waals surface area contributed by atoms with Crippen molar-refractivity contribution >= 4 is 17.3 Å². The highest BCUT2D eigenvalue weighted by Crippen LogP contribution is 2.52. The summed E-state index contributed by atoms with van der Waals surface area (Å²) < 4.78 is 11.2. The van der Waals surface area contributed by atoms with Crippen LogP contribution in [0.5, 0.6) is 5.88 Å². The maximum absolute atomic E-state index is 12.7. The van der Waals surface area contributed by atoms with E-state index in [2.05, 4.69) is 36.2 Å². The van der Waals surface area contributed by atoms with Gasteiger partial charge in [0.15, 0.2) is 0 Å². The quantitative estimate of drug-likeness (QED) is 0.315. The average Bonchev–Trinajstić information content (AvgIpc) is 3.54. The lowest BCUT2D eigenvalue weighted by atomic mass is 9.61. The maximum Gasteiger partial charge on any atom is 0.348 e. The van der Waals surface area contributed by atoms with E-state index in [0.29, 0.717) is 16.3 Å². The molecule has 0 amide bonds. The number of hydrogen-bond donors (Lipinski definition) is 2. The molecule has 0 saturated carbocycles. The van der Waals surface area contributed by atoms with Crippen molar-refractivity contribution in [3.63, 3.8) is 0 Å². The highest BCUT2D eigenvalue weighted by atomic mass is 32.1. The SMILES string of the molecule is Cc1[nH]nc2c1[C@](c1cccc(-c3ccc(C(=O)OCc4ccccc4)s3)c1)(C(C)C)C(C#N)=C(N)O2. The van der Waals surface area contributed by atoms with Crippen LogP contribution in [0.25, 0.3) is 10.4 Å². The lowest BCUT2D eigenvalue weighted by Crippen LogP contribution is -2.41. The molecule has 37 heavy (non-hydrogen) atoms. The Bertz CT molecular complexity index is 1540. The molecule has 0 saturated heterocycles. The van der Waals surface area contributed by atoms with Crippen LogP contribution in [0.4, 0.5) is 0 Å². The molecule has 0 aliphatic carbocycles. The third-order valence-corrected chi connectivity index (χ3v) is 7.87. The molecule has 4 aromatic rings. The summed E-state index contributed by atoms with van der Waals surface area (Å²) >= 11 is 1.37. The summed E-state index contributed by atoms with van der Waals surface area (Å²) in [6.45, 7) is 6.26. The first-order valence-corrected chi connectivity index (χ1v) is 12.7. The zero-order valence-corrected chi connectivity index (χ0v) is 21.6. The standard InChI is InChI=1S/C29H26N4O3S/c1-17(2)29(22(15-30)26(31)36-27-25(29)18(3)32-33-27)21-11-7-10-20(14-21)23-12-13-24(37-23)28(34)35-16-19-8-5-4-6-9-19/h4-14,17H,16,31H2,1-3H3,(H,32,33)/t29-/m0/s1. The van der Waals surface area contributed by atoms with Crippen molar-refractivity contribution in [1.29, 1.82) is 5.26 Å². The Morgan fingerprint density at radius 1 is 1.19 bits per heavy atom. The predicted octanol–water partition coefficient (Wildman–Crippen LogP) is 5.83. The number of nitriles is 1. The number of fused-ring (bicyclic) bond motifs is 1. The van der Waals surface area contributed by atoms with Crippen molar-refractivity contribution in [2.24, 2.45) is 11.7 Å². The minimum absolute atomic E-state index is 0.0400. The minimum atomic E-state index is -0.853. The molecule has 0 bridgehead atoms. The summed E-state index contributed by atoms with van der Waals surface area (Å²) in [7, 11) is 0. The molecule has 2 aromatic heterocycles. The number of nitrogens with one attached hydrogen (secondary N) is 1. The number of ether oxygens (including phenoxy) is 2. The molecule has 0 spiro atoms. The van der Waals surface area contributed by atoms with Crippen LogP contribution in [0.3, 0.4) is 0 Å². The van der Waals surface area contributed by atoms with Gasteiger partial charge in [0.1, 0.15) is 23.1 Å². The van der Waals surface area contributed by atoms with Crippen molar-refractivity contribution in [3.8, 4) is 22.4 Å². The number of nitrogens with zero attached hydrogens (tertiary/aromatic N) is 2. The molecule has 5 rings (SSSR count). The van der Waals surface area contributed by atoms with Crippen molar-refractivity contribution in [1.82, 2.24) is 10.2 Å². The first-order chi connectivity index (χ1) is 17.9. The second-order valence-corrected chi connectivity index (χ2v) is 10.3. The Balaban J connectivity index is 1.52. The number of rotatable bonds is 6. The normalized spacial score (nSPS) is 16.7. The van der Waals surface area contributed by atoms with Crippen molar-refractivity contribution in [2.45, 2.75) is 32.8 Å². The highest BCUT2D eigenvalue weighted by molar-refractivity contribution is 7.17. The number of esters is 1. The van der Waals surface area contributed by atoms with Crippen LogP contribution in [0.2, 0.25) is 0 Å². The highest BCUT2D eigenvalue weighted by Gasteiger charge is 2.50. The number of carbonyl (C=O) groups is 1. The molecule has 7 nitrogen and oxygen atoms in total. The molecule has 2 aromatic carbocycles. The number of carbonyl (C=O) groups excluding carboxylic acids is 1. The van der Waals surface area contributed by atoms with Crippen LogP contribution in [-0.4, -0.2) is 16.2 Å². The van der Waals surface area contributed by atoms with Gasteiger partial charge in [-0.2, -0.15) is 5.26 Å². The summed E-state index contributed by atoms with van der Waals surface area (Å²) in [5.41, 5.74) is 10.1. The van der Waals surface area contributed by atoms with Gasteiger partial charge in [0.25, 0.3) is 0 Å². The van der Waals surface area contributed by atoms with Gasteiger partial charge in [-0.15, -0.1) is 16.4 Å². The zero-order chi connectivity index (χ0) is 26.2. The lowest BCUT2D eigenvalue weighted by Gasteiger charge is -2.41. The van der Waals surface area contributed by atoms with Gasteiger partial charge in [-0.05, 0) is 47.7 Å². The second kappa shape index (κ2) is 9.60. The smallest absolute Gasteiger partial charge is 0.348 e. The Morgan fingerprint density at radius 2 is 1.97 bits per heavy atom. The van der Waals surface area contributed by atoms with Gasteiger partial charge in [-0.1, -0.05) is 62.4 Å². The monoisotopic (exact) mass is 510 g/mol. The van der Waals surface area contributed by atoms with E-state index in [4.69, 9.17) is 15.2 Å². The molecule has 3 N–H and O–H groups in total. The van der Waals surface area contributed by atoms with Crippen LogP contribution in [0.15, 0.2) is 78.2 Å². The number of aromatic nitrogens is 2. The van der Waals surface area contributed by atoms with Gasteiger partial charge >= 0.3 is 5.97 Å². The number of aryl methyl sites for hydroxylation is 1. The van der Waals surface area contributed by atoms with Crippen molar-refractivity contribution in [2.75, 3.05) is 0 Å². The summed E-state index contributed by atoms with van der Waals surface area (Å²) in [6, 6.07) is 23.6. The van der Waals surface area contributed by atoms with Gasteiger partial charge in [0.05, 0.1) is 11.0 Å². The van der Waals surface area contributed by atoms with E-state index < -0.39 is 5.41 Å². The number of benzene rings is 2.